The van der Waals surface area contributed by atoms with Gasteiger partial charge in [0.05, 0.1) is 6.04 Å². The summed E-state index contributed by atoms with van der Waals surface area (Å²) in [5.41, 5.74) is 1.71. The Labute approximate surface area is 139 Å². The molecule has 1 aromatic heterocycles. The van der Waals surface area contributed by atoms with Crippen LogP contribution in [-0.2, 0) is 11.8 Å². The van der Waals surface area contributed by atoms with E-state index < -0.39 is 4.92 Å². The molecule has 2 N–H and O–H groups in total. The van der Waals surface area contributed by atoms with Crippen LogP contribution in [0.5, 0.6) is 0 Å². The van der Waals surface area contributed by atoms with Gasteiger partial charge in [-0.2, -0.15) is 0 Å². The van der Waals surface area contributed by atoms with Crippen molar-refractivity contribution < 1.29 is 9.72 Å². The molecule has 1 saturated carbocycles. The number of imidazole rings is 1. The molecule has 0 aliphatic heterocycles. The molecule has 1 aliphatic rings. The average Bonchev–Trinajstić information content (AvgIpc) is 3.33. The summed E-state index contributed by atoms with van der Waals surface area (Å²) in [6.45, 7) is 1.91. The number of aryl methyl sites for hydroxylation is 1. The fourth-order valence-corrected chi connectivity index (χ4v) is 2.45. The Hall–Kier alpha value is -2.90. The molecule has 0 spiro atoms. The first-order valence-corrected chi connectivity index (χ1v) is 7.78. The third kappa shape index (κ3) is 3.37. The van der Waals surface area contributed by atoms with Crippen LogP contribution in [0.1, 0.15) is 31.4 Å². The van der Waals surface area contributed by atoms with Crippen LogP contribution in [0.4, 0.5) is 17.3 Å². The molecular formula is C16H19N5O3. The van der Waals surface area contributed by atoms with Crippen molar-refractivity contribution in [2.24, 2.45) is 13.0 Å². The lowest BCUT2D eigenvalue weighted by Crippen LogP contribution is -2.14. The van der Waals surface area contributed by atoms with E-state index in [-0.39, 0.29) is 23.7 Å². The van der Waals surface area contributed by atoms with Crippen molar-refractivity contribution in [1.82, 2.24) is 9.55 Å². The molecule has 2 aromatic rings. The summed E-state index contributed by atoms with van der Waals surface area (Å²) in [5.74, 6) is 0.395. The molecule has 0 radical (unpaired) electrons. The lowest BCUT2D eigenvalue weighted by Gasteiger charge is -2.16. The van der Waals surface area contributed by atoms with Gasteiger partial charge in [0, 0.05) is 18.7 Å². The first kappa shape index (κ1) is 16.0. The summed E-state index contributed by atoms with van der Waals surface area (Å²) in [6.07, 6.45) is 3.34. The number of nitrogens with zero attached hydrogens (tertiary/aromatic N) is 3. The molecule has 1 amide bonds. The van der Waals surface area contributed by atoms with Gasteiger partial charge in [0.1, 0.15) is 0 Å². The zero-order chi connectivity index (χ0) is 17.3. The zero-order valence-electron chi connectivity index (χ0n) is 13.5. The van der Waals surface area contributed by atoms with Gasteiger partial charge in [-0.3, -0.25) is 9.36 Å². The highest BCUT2D eigenvalue weighted by atomic mass is 16.6. The molecule has 1 atom stereocenters. The van der Waals surface area contributed by atoms with E-state index in [0.717, 1.165) is 24.1 Å². The molecule has 1 fully saturated rings. The third-order valence-electron chi connectivity index (χ3n) is 4.07. The Morgan fingerprint density at radius 2 is 2.04 bits per heavy atom. The maximum atomic E-state index is 11.7. The number of amides is 1. The first-order valence-electron chi connectivity index (χ1n) is 7.78. The van der Waals surface area contributed by atoms with Crippen LogP contribution in [0.3, 0.4) is 0 Å². The maximum Gasteiger partial charge on any atom is 0.406 e. The molecular weight excluding hydrogens is 310 g/mol. The quantitative estimate of drug-likeness (QED) is 0.626. The predicted octanol–water partition coefficient (Wildman–Crippen LogP) is 2.85. The summed E-state index contributed by atoms with van der Waals surface area (Å²) >= 11 is 0. The number of rotatable bonds is 6. The van der Waals surface area contributed by atoms with E-state index in [2.05, 4.69) is 15.6 Å². The minimum Gasteiger partial charge on any atom is -0.358 e. The van der Waals surface area contributed by atoms with Gasteiger partial charge >= 0.3 is 5.82 Å². The summed E-state index contributed by atoms with van der Waals surface area (Å²) < 4.78 is 1.58. The lowest BCUT2D eigenvalue weighted by molar-refractivity contribution is -0.388. The SMILES string of the molecule is CC(Nc1c([N+](=O)[O-])ncn1C)c1ccc(NC(=O)C2CC2)cc1. The minimum absolute atomic E-state index is 0.0689. The first-order chi connectivity index (χ1) is 11.5. The van der Waals surface area contributed by atoms with Crippen LogP contribution in [0.25, 0.3) is 0 Å². The van der Waals surface area contributed by atoms with Gasteiger partial charge in [-0.05, 0) is 47.4 Å². The number of benzene rings is 1. The van der Waals surface area contributed by atoms with Gasteiger partial charge in [-0.15, -0.1) is 0 Å². The normalized spacial score (nSPS) is 14.9. The van der Waals surface area contributed by atoms with E-state index in [9.17, 15) is 14.9 Å². The average molecular weight is 329 g/mol. The lowest BCUT2D eigenvalue weighted by atomic mass is 10.1. The van der Waals surface area contributed by atoms with Crippen molar-refractivity contribution in [3.05, 3.63) is 46.3 Å². The van der Waals surface area contributed by atoms with Gasteiger partial charge < -0.3 is 20.7 Å². The van der Waals surface area contributed by atoms with Gasteiger partial charge in [0.15, 0.2) is 0 Å². The van der Waals surface area contributed by atoms with E-state index in [1.165, 1.54) is 6.33 Å². The standard InChI is InChI=1S/C16H19N5O3/c1-10(18-15-14(21(23)24)17-9-20(15)2)11-5-7-13(8-6-11)19-16(22)12-3-4-12/h5-10,12,18H,3-4H2,1-2H3,(H,19,22). The third-order valence-corrected chi connectivity index (χ3v) is 4.07. The van der Waals surface area contributed by atoms with E-state index in [1.807, 2.05) is 31.2 Å². The largest absolute Gasteiger partial charge is 0.406 e. The smallest absolute Gasteiger partial charge is 0.358 e. The molecule has 0 saturated heterocycles. The fraction of sp³-hybridized carbons (Fsp3) is 0.375. The Morgan fingerprint density at radius 1 is 1.38 bits per heavy atom. The van der Waals surface area contributed by atoms with Crippen LogP contribution < -0.4 is 10.6 Å². The molecule has 1 heterocycles. The second-order valence-electron chi connectivity index (χ2n) is 6.04. The highest BCUT2D eigenvalue weighted by Gasteiger charge is 2.29. The Balaban J connectivity index is 1.69. The second-order valence-corrected chi connectivity index (χ2v) is 6.04. The number of aromatic nitrogens is 2. The van der Waals surface area contributed by atoms with Crippen molar-refractivity contribution in [2.75, 3.05) is 10.6 Å². The summed E-state index contributed by atoms with van der Waals surface area (Å²) in [7, 11) is 1.70. The predicted molar refractivity (Wildman–Crippen MR) is 89.7 cm³/mol. The van der Waals surface area contributed by atoms with E-state index in [0.29, 0.717) is 5.82 Å². The molecule has 1 aromatic carbocycles. The number of hydrogen-bond acceptors (Lipinski definition) is 5. The number of nitrogens with one attached hydrogen (secondary N) is 2. The monoisotopic (exact) mass is 329 g/mol. The maximum absolute atomic E-state index is 11.7. The molecule has 24 heavy (non-hydrogen) atoms. The highest BCUT2D eigenvalue weighted by Crippen LogP contribution is 2.30. The molecule has 1 unspecified atom stereocenters. The highest BCUT2D eigenvalue weighted by molar-refractivity contribution is 5.94. The number of nitro groups is 1. The van der Waals surface area contributed by atoms with Crippen LogP contribution >= 0.6 is 0 Å². The number of anilines is 2. The Bertz CT molecular complexity index is 765. The number of carbonyl (C=O) groups is 1. The van der Waals surface area contributed by atoms with E-state index in [4.69, 9.17) is 0 Å². The second kappa shape index (κ2) is 6.31. The van der Waals surface area contributed by atoms with Crippen molar-refractivity contribution in [3.8, 4) is 0 Å². The van der Waals surface area contributed by atoms with Crippen LogP contribution in [-0.4, -0.2) is 20.4 Å². The molecule has 8 heteroatoms. The number of carbonyl (C=O) groups excluding carboxylic acids is 1. The van der Waals surface area contributed by atoms with Crippen molar-refractivity contribution in [2.45, 2.75) is 25.8 Å². The Kier molecular flexibility index (Phi) is 4.20. The Morgan fingerprint density at radius 3 is 2.62 bits per heavy atom. The van der Waals surface area contributed by atoms with E-state index >= 15 is 0 Å². The number of hydrogen-bond donors (Lipinski definition) is 2. The van der Waals surface area contributed by atoms with Crippen LogP contribution in [0.15, 0.2) is 30.6 Å². The molecule has 3 rings (SSSR count). The van der Waals surface area contributed by atoms with Crippen molar-refractivity contribution >= 4 is 23.2 Å². The molecule has 126 valence electrons. The fourth-order valence-electron chi connectivity index (χ4n) is 2.45. The summed E-state index contributed by atoms with van der Waals surface area (Å²) in [5, 5.41) is 17.0. The zero-order valence-corrected chi connectivity index (χ0v) is 13.5. The van der Waals surface area contributed by atoms with Gasteiger partial charge in [0.25, 0.3) is 0 Å². The summed E-state index contributed by atoms with van der Waals surface area (Å²) in [6, 6.07) is 7.31. The minimum atomic E-state index is -0.508. The molecule has 8 nitrogen and oxygen atoms in total. The summed E-state index contributed by atoms with van der Waals surface area (Å²) in [4.78, 5) is 26.0. The topological polar surface area (TPSA) is 102 Å². The van der Waals surface area contributed by atoms with Gasteiger partial charge in [0.2, 0.25) is 18.1 Å². The van der Waals surface area contributed by atoms with E-state index in [1.54, 1.807) is 11.6 Å². The van der Waals surface area contributed by atoms with Crippen LogP contribution in [0.2, 0.25) is 0 Å². The van der Waals surface area contributed by atoms with Crippen LogP contribution in [0, 0.1) is 16.0 Å². The van der Waals surface area contributed by atoms with Crippen molar-refractivity contribution in [3.63, 3.8) is 0 Å². The van der Waals surface area contributed by atoms with Crippen molar-refractivity contribution in [1.29, 1.82) is 0 Å². The van der Waals surface area contributed by atoms with Gasteiger partial charge in [-0.25, -0.2) is 0 Å². The molecule has 0 bridgehead atoms. The van der Waals surface area contributed by atoms with Gasteiger partial charge in [-0.1, -0.05) is 12.1 Å². The molecule has 1 aliphatic carbocycles.